The second-order valence-electron chi connectivity index (χ2n) is 5.62. The lowest BCUT2D eigenvalue weighted by atomic mass is 10.1. The predicted octanol–water partition coefficient (Wildman–Crippen LogP) is 2.47. The molecule has 0 unspecified atom stereocenters. The van der Waals surface area contributed by atoms with E-state index in [1.165, 1.54) is 21.6 Å². The fourth-order valence-electron chi connectivity index (χ4n) is 2.62. The van der Waals surface area contributed by atoms with Gasteiger partial charge in [0.1, 0.15) is 5.82 Å². The molecule has 1 N–H and O–H groups in total. The van der Waals surface area contributed by atoms with Crippen molar-refractivity contribution in [2.24, 2.45) is 0 Å². The molecule has 25 heavy (non-hydrogen) atoms. The first-order valence-electron chi connectivity index (χ1n) is 7.61. The van der Waals surface area contributed by atoms with Crippen LogP contribution in [0.1, 0.15) is 17.2 Å². The number of nitrogens with zero attached hydrogens (tertiary/aromatic N) is 4. The predicted molar refractivity (Wildman–Crippen MR) is 83.7 cm³/mol. The van der Waals surface area contributed by atoms with Gasteiger partial charge in [-0.25, -0.2) is 9.18 Å². The Morgan fingerprint density at radius 2 is 1.96 bits per heavy atom. The third-order valence-electron chi connectivity index (χ3n) is 3.90. The number of halogens is 4. The first-order chi connectivity index (χ1) is 11.8. The summed E-state index contributed by atoms with van der Waals surface area (Å²) < 4.78 is 40.5. The van der Waals surface area contributed by atoms with Gasteiger partial charge in [0.05, 0.1) is 6.54 Å². The van der Waals surface area contributed by atoms with Gasteiger partial charge in [-0.05, 0) is 35.7 Å². The highest BCUT2D eigenvalue weighted by atomic mass is 35.5. The van der Waals surface area contributed by atoms with Gasteiger partial charge >= 0.3 is 11.4 Å². The van der Waals surface area contributed by atoms with Crippen molar-refractivity contribution in [1.29, 1.82) is 0 Å². The van der Waals surface area contributed by atoms with Crippen LogP contribution in [0.4, 0.5) is 18.0 Å². The number of carbonyl (C=O) groups excluding carboxylic acids is 1. The zero-order chi connectivity index (χ0) is 18.0. The van der Waals surface area contributed by atoms with Crippen LogP contribution in [0.25, 0.3) is 0 Å². The van der Waals surface area contributed by atoms with Crippen LogP contribution in [-0.2, 0) is 24.9 Å². The molecule has 0 radical (unpaired) electrons. The van der Waals surface area contributed by atoms with E-state index in [-0.39, 0.29) is 37.3 Å². The first-order valence-corrected chi connectivity index (χ1v) is 7.99. The van der Waals surface area contributed by atoms with Crippen LogP contribution in [0.2, 0.25) is 0 Å². The van der Waals surface area contributed by atoms with Crippen molar-refractivity contribution < 1.29 is 18.0 Å². The van der Waals surface area contributed by atoms with Gasteiger partial charge < -0.3 is 14.8 Å². The lowest BCUT2D eigenvalue weighted by Gasteiger charge is -2.28. The Bertz CT molecular complexity index is 760. The van der Waals surface area contributed by atoms with Crippen LogP contribution in [0.3, 0.4) is 0 Å². The van der Waals surface area contributed by atoms with Crippen LogP contribution >= 0.6 is 11.6 Å². The summed E-state index contributed by atoms with van der Waals surface area (Å²) in [4.78, 5) is 13.6. The van der Waals surface area contributed by atoms with Gasteiger partial charge in [-0.2, -0.15) is 8.78 Å². The second-order valence-corrected chi connectivity index (χ2v) is 6.09. The number of fused-ring (bicyclic) bond motifs is 1. The van der Waals surface area contributed by atoms with E-state index in [2.05, 4.69) is 15.5 Å². The van der Waals surface area contributed by atoms with Crippen LogP contribution in [0, 0.1) is 5.82 Å². The van der Waals surface area contributed by atoms with Crippen molar-refractivity contribution in [2.45, 2.75) is 24.9 Å². The Morgan fingerprint density at radius 1 is 1.24 bits per heavy atom. The summed E-state index contributed by atoms with van der Waals surface area (Å²) >= 11 is 5.00. The van der Waals surface area contributed by atoms with E-state index in [0.717, 1.165) is 5.56 Å². The molecule has 1 aliphatic heterocycles. The van der Waals surface area contributed by atoms with Gasteiger partial charge in [-0.3, -0.25) is 0 Å². The standard InChI is InChI=1S/C15H15ClF3N5O/c16-15(18,19)13-22-21-12-9-23(7-8-24(12)13)14(25)20-6-5-10-1-3-11(17)4-2-10/h1-4H,5-9H2,(H,20,25). The number of hydrogen-bond acceptors (Lipinski definition) is 3. The molecule has 0 bridgehead atoms. The van der Waals surface area contributed by atoms with Crippen molar-refractivity contribution in [3.63, 3.8) is 0 Å². The minimum absolute atomic E-state index is 0.0718. The van der Waals surface area contributed by atoms with E-state index >= 15 is 0 Å². The molecule has 6 nitrogen and oxygen atoms in total. The van der Waals surface area contributed by atoms with Gasteiger partial charge in [0.25, 0.3) is 0 Å². The maximum absolute atomic E-state index is 13.2. The number of nitrogens with one attached hydrogen (secondary N) is 1. The summed E-state index contributed by atoms with van der Waals surface area (Å²) in [6, 6.07) is 5.70. The third kappa shape index (κ3) is 4.04. The zero-order valence-corrected chi connectivity index (χ0v) is 13.8. The van der Waals surface area contributed by atoms with Crippen molar-refractivity contribution in [2.75, 3.05) is 13.1 Å². The molecule has 0 atom stereocenters. The smallest absolute Gasteiger partial charge is 0.338 e. The van der Waals surface area contributed by atoms with E-state index in [1.54, 1.807) is 12.1 Å². The number of aromatic nitrogens is 3. The molecular formula is C15H15ClF3N5O. The number of carbonyl (C=O) groups is 1. The molecule has 0 fully saturated rings. The maximum Gasteiger partial charge on any atom is 0.381 e. The van der Waals surface area contributed by atoms with E-state index in [0.29, 0.717) is 13.0 Å². The van der Waals surface area contributed by atoms with Gasteiger partial charge in [0.2, 0.25) is 5.82 Å². The molecule has 2 aromatic rings. The largest absolute Gasteiger partial charge is 0.381 e. The second kappa shape index (κ2) is 6.91. The van der Waals surface area contributed by atoms with Gasteiger partial charge in [-0.15, -0.1) is 10.2 Å². The summed E-state index contributed by atoms with van der Waals surface area (Å²) in [6.07, 6.45) is 0.554. The molecular weight excluding hydrogens is 359 g/mol. The van der Waals surface area contributed by atoms with Gasteiger partial charge in [0, 0.05) is 19.6 Å². The number of alkyl halides is 3. The van der Waals surface area contributed by atoms with E-state index < -0.39 is 11.2 Å². The summed E-state index contributed by atoms with van der Waals surface area (Å²) in [5.74, 6) is -0.664. The number of benzene rings is 1. The molecule has 134 valence electrons. The molecule has 0 saturated heterocycles. The SMILES string of the molecule is O=C(NCCc1ccc(F)cc1)N1CCn2c(nnc2C(F)(F)Cl)C1. The first kappa shape index (κ1) is 17.5. The summed E-state index contributed by atoms with van der Waals surface area (Å²) in [7, 11) is 0. The zero-order valence-electron chi connectivity index (χ0n) is 13.1. The molecule has 10 heteroatoms. The van der Waals surface area contributed by atoms with Gasteiger partial charge in [-0.1, -0.05) is 12.1 Å². The number of amides is 2. The maximum atomic E-state index is 13.2. The molecule has 2 heterocycles. The van der Waals surface area contributed by atoms with Crippen LogP contribution < -0.4 is 5.32 Å². The fourth-order valence-corrected chi connectivity index (χ4v) is 2.76. The van der Waals surface area contributed by atoms with Crippen molar-refractivity contribution in [3.8, 4) is 0 Å². The average Bonchev–Trinajstić information content (AvgIpc) is 3.00. The Hall–Kier alpha value is -2.29. The highest BCUT2D eigenvalue weighted by molar-refractivity contribution is 6.21. The van der Waals surface area contributed by atoms with Gasteiger partial charge in [0.15, 0.2) is 5.82 Å². The van der Waals surface area contributed by atoms with E-state index in [4.69, 9.17) is 11.6 Å². The Kier molecular flexibility index (Phi) is 4.85. The van der Waals surface area contributed by atoms with E-state index in [1.807, 2.05) is 0 Å². The third-order valence-corrected chi connectivity index (χ3v) is 4.07. The van der Waals surface area contributed by atoms with Crippen LogP contribution in [0.5, 0.6) is 0 Å². The summed E-state index contributed by atoms with van der Waals surface area (Å²) in [5.41, 5.74) is 0.897. The lowest BCUT2D eigenvalue weighted by molar-refractivity contribution is 0.0772. The molecule has 1 aromatic carbocycles. The van der Waals surface area contributed by atoms with Crippen molar-refractivity contribution in [1.82, 2.24) is 25.0 Å². The Balaban J connectivity index is 1.54. The molecule has 0 aliphatic carbocycles. The molecule has 0 spiro atoms. The minimum atomic E-state index is -3.59. The summed E-state index contributed by atoms with van der Waals surface area (Å²) in [6.45, 7) is 0.833. The lowest BCUT2D eigenvalue weighted by Crippen LogP contribution is -2.45. The Labute approximate surface area is 146 Å². The van der Waals surface area contributed by atoms with Crippen molar-refractivity contribution >= 4 is 17.6 Å². The molecule has 1 aromatic heterocycles. The fraction of sp³-hybridized carbons (Fsp3) is 0.400. The highest BCUT2D eigenvalue weighted by Gasteiger charge is 2.37. The summed E-state index contributed by atoms with van der Waals surface area (Å²) in [5, 5.41) is 6.25. The number of rotatable bonds is 4. The van der Waals surface area contributed by atoms with Crippen LogP contribution in [0.15, 0.2) is 24.3 Å². The van der Waals surface area contributed by atoms with E-state index in [9.17, 15) is 18.0 Å². The highest BCUT2D eigenvalue weighted by Crippen LogP contribution is 2.32. The monoisotopic (exact) mass is 373 g/mol. The van der Waals surface area contributed by atoms with Crippen molar-refractivity contribution in [3.05, 3.63) is 47.3 Å². The Morgan fingerprint density at radius 3 is 2.64 bits per heavy atom. The quantitative estimate of drug-likeness (QED) is 0.837. The normalized spacial score (nSPS) is 14.3. The molecule has 1 aliphatic rings. The average molecular weight is 374 g/mol. The molecule has 0 saturated carbocycles. The molecule has 2 amide bonds. The number of urea groups is 1. The minimum Gasteiger partial charge on any atom is -0.338 e. The van der Waals surface area contributed by atoms with Crippen LogP contribution in [-0.4, -0.2) is 38.8 Å². The molecule has 3 rings (SSSR count). The number of hydrogen-bond donors (Lipinski definition) is 1. The topological polar surface area (TPSA) is 63.1 Å².